The van der Waals surface area contributed by atoms with Gasteiger partial charge in [-0.05, 0) is 19.3 Å². The van der Waals surface area contributed by atoms with Gasteiger partial charge in [-0.3, -0.25) is 0 Å². The van der Waals surface area contributed by atoms with Gasteiger partial charge in [-0.25, -0.2) is 14.8 Å². The van der Waals surface area contributed by atoms with Gasteiger partial charge in [0.05, 0.1) is 5.56 Å². The van der Waals surface area contributed by atoms with Gasteiger partial charge in [0.15, 0.2) is 0 Å². The number of rotatable bonds is 2. The Morgan fingerprint density at radius 2 is 2.06 bits per heavy atom. The highest BCUT2D eigenvalue weighted by Gasteiger charge is 2.27. The molecular weight excluding hydrogens is 206 g/mol. The maximum Gasteiger partial charge on any atom is 0.338 e. The number of carboxylic acids is 1. The van der Waals surface area contributed by atoms with Gasteiger partial charge in [0.2, 0.25) is 5.95 Å². The van der Waals surface area contributed by atoms with Crippen LogP contribution in [0.4, 0.5) is 5.95 Å². The standard InChI is InChI=1S/C11H15N3O2/c1-7-3-8(2)14(6-7)11-12-4-9(5-13-11)10(15)16/h4-5,7-8H,3,6H2,1-2H3,(H,15,16). The zero-order valence-corrected chi connectivity index (χ0v) is 9.42. The Morgan fingerprint density at radius 1 is 1.44 bits per heavy atom. The van der Waals surface area contributed by atoms with Gasteiger partial charge < -0.3 is 10.0 Å². The van der Waals surface area contributed by atoms with Crippen LogP contribution in [-0.2, 0) is 0 Å². The predicted octanol–water partition coefficient (Wildman–Crippen LogP) is 1.41. The number of hydrogen-bond donors (Lipinski definition) is 1. The molecule has 1 fully saturated rings. The molecule has 1 aliphatic heterocycles. The second-order valence-electron chi connectivity index (χ2n) is 4.42. The molecule has 2 atom stereocenters. The molecule has 1 aromatic rings. The Labute approximate surface area is 94.1 Å². The fourth-order valence-corrected chi connectivity index (χ4v) is 2.16. The van der Waals surface area contributed by atoms with Crippen LogP contribution in [0.1, 0.15) is 30.6 Å². The van der Waals surface area contributed by atoms with Crippen molar-refractivity contribution < 1.29 is 9.90 Å². The molecule has 1 aliphatic rings. The second-order valence-corrected chi connectivity index (χ2v) is 4.42. The highest BCUT2D eigenvalue weighted by Crippen LogP contribution is 2.25. The Bertz CT molecular complexity index is 391. The molecule has 0 spiro atoms. The number of aromatic carboxylic acids is 1. The lowest BCUT2D eigenvalue weighted by molar-refractivity contribution is 0.0696. The highest BCUT2D eigenvalue weighted by atomic mass is 16.4. The summed E-state index contributed by atoms with van der Waals surface area (Å²) in [6.07, 6.45) is 3.85. The van der Waals surface area contributed by atoms with Crippen molar-refractivity contribution in [3.05, 3.63) is 18.0 Å². The molecule has 2 rings (SSSR count). The first-order valence-corrected chi connectivity index (χ1v) is 5.40. The minimum atomic E-state index is -0.991. The summed E-state index contributed by atoms with van der Waals surface area (Å²) in [6, 6.07) is 0.422. The molecule has 2 heterocycles. The zero-order valence-electron chi connectivity index (χ0n) is 9.42. The van der Waals surface area contributed by atoms with E-state index < -0.39 is 5.97 Å². The Hall–Kier alpha value is -1.65. The van der Waals surface area contributed by atoms with Crippen molar-refractivity contribution in [2.45, 2.75) is 26.3 Å². The minimum absolute atomic E-state index is 0.128. The van der Waals surface area contributed by atoms with Crippen molar-refractivity contribution in [3.8, 4) is 0 Å². The van der Waals surface area contributed by atoms with Gasteiger partial charge in [-0.15, -0.1) is 0 Å². The van der Waals surface area contributed by atoms with Crippen molar-refractivity contribution in [1.29, 1.82) is 0 Å². The predicted molar refractivity (Wildman–Crippen MR) is 59.6 cm³/mol. The zero-order chi connectivity index (χ0) is 11.7. The lowest BCUT2D eigenvalue weighted by Crippen LogP contribution is -2.28. The molecule has 1 aromatic heterocycles. The van der Waals surface area contributed by atoms with Gasteiger partial charge in [0.25, 0.3) is 0 Å². The summed E-state index contributed by atoms with van der Waals surface area (Å²) < 4.78 is 0. The number of hydrogen-bond acceptors (Lipinski definition) is 4. The van der Waals surface area contributed by atoms with Crippen LogP contribution in [0.5, 0.6) is 0 Å². The molecule has 86 valence electrons. The van der Waals surface area contributed by atoms with Crippen molar-refractivity contribution in [3.63, 3.8) is 0 Å². The molecule has 5 heteroatoms. The van der Waals surface area contributed by atoms with Crippen LogP contribution >= 0.6 is 0 Å². The number of anilines is 1. The summed E-state index contributed by atoms with van der Waals surface area (Å²) in [5.74, 6) is 0.272. The van der Waals surface area contributed by atoms with E-state index in [4.69, 9.17) is 5.11 Å². The van der Waals surface area contributed by atoms with E-state index in [1.165, 1.54) is 12.4 Å². The molecule has 0 aliphatic carbocycles. The van der Waals surface area contributed by atoms with Gasteiger partial charge in [0, 0.05) is 25.0 Å². The van der Waals surface area contributed by atoms with Crippen LogP contribution in [0.25, 0.3) is 0 Å². The van der Waals surface area contributed by atoms with Crippen LogP contribution in [0.15, 0.2) is 12.4 Å². The lowest BCUT2D eigenvalue weighted by Gasteiger charge is -2.20. The van der Waals surface area contributed by atoms with Crippen molar-refractivity contribution in [1.82, 2.24) is 9.97 Å². The summed E-state index contributed by atoms with van der Waals surface area (Å²) in [4.78, 5) is 21.0. The SMILES string of the molecule is CC1CC(C)N(c2ncc(C(=O)O)cn2)C1. The molecule has 0 bridgehead atoms. The summed E-state index contributed by atoms with van der Waals surface area (Å²) in [5, 5.41) is 8.74. The fraction of sp³-hybridized carbons (Fsp3) is 0.545. The van der Waals surface area contributed by atoms with Crippen molar-refractivity contribution in [2.75, 3.05) is 11.4 Å². The van der Waals surface area contributed by atoms with E-state index >= 15 is 0 Å². The van der Waals surface area contributed by atoms with Gasteiger partial charge in [0.1, 0.15) is 0 Å². The van der Waals surface area contributed by atoms with Gasteiger partial charge in [-0.2, -0.15) is 0 Å². The average molecular weight is 221 g/mol. The summed E-state index contributed by atoms with van der Waals surface area (Å²) >= 11 is 0. The Balaban J connectivity index is 2.19. The van der Waals surface area contributed by atoms with E-state index in [2.05, 4.69) is 28.7 Å². The van der Waals surface area contributed by atoms with E-state index in [1.807, 2.05) is 0 Å². The highest BCUT2D eigenvalue weighted by molar-refractivity contribution is 5.86. The van der Waals surface area contributed by atoms with Gasteiger partial charge in [-0.1, -0.05) is 6.92 Å². The molecular formula is C11H15N3O2. The van der Waals surface area contributed by atoms with Crippen molar-refractivity contribution >= 4 is 11.9 Å². The average Bonchev–Trinajstić information content (AvgIpc) is 2.58. The van der Waals surface area contributed by atoms with E-state index in [0.29, 0.717) is 17.9 Å². The fourth-order valence-electron chi connectivity index (χ4n) is 2.16. The van der Waals surface area contributed by atoms with Crippen molar-refractivity contribution in [2.24, 2.45) is 5.92 Å². The molecule has 0 aromatic carbocycles. The van der Waals surface area contributed by atoms with E-state index in [-0.39, 0.29) is 5.56 Å². The smallest absolute Gasteiger partial charge is 0.338 e. The number of aromatic nitrogens is 2. The minimum Gasteiger partial charge on any atom is -0.478 e. The molecule has 5 nitrogen and oxygen atoms in total. The molecule has 0 amide bonds. The lowest BCUT2D eigenvalue weighted by atomic mass is 10.1. The quantitative estimate of drug-likeness (QED) is 0.817. The summed E-state index contributed by atoms with van der Waals surface area (Å²) in [7, 11) is 0. The van der Waals surface area contributed by atoms with Crippen LogP contribution < -0.4 is 4.90 Å². The first kappa shape index (κ1) is 10.9. The van der Waals surface area contributed by atoms with Gasteiger partial charge >= 0.3 is 5.97 Å². The maximum atomic E-state index is 10.7. The monoisotopic (exact) mass is 221 g/mol. The normalized spacial score (nSPS) is 24.8. The molecule has 2 unspecified atom stereocenters. The number of carbonyl (C=O) groups is 1. The first-order chi connectivity index (χ1) is 7.58. The molecule has 16 heavy (non-hydrogen) atoms. The van der Waals surface area contributed by atoms with Crippen LogP contribution in [0.3, 0.4) is 0 Å². The third-order valence-electron chi connectivity index (χ3n) is 2.93. The van der Waals surface area contributed by atoms with Crippen LogP contribution in [0, 0.1) is 5.92 Å². The molecule has 1 saturated heterocycles. The Kier molecular flexibility index (Phi) is 2.77. The van der Waals surface area contributed by atoms with Crippen LogP contribution in [0.2, 0.25) is 0 Å². The maximum absolute atomic E-state index is 10.7. The third kappa shape index (κ3) is 1.98. The molecule has 0 saturated carbocycles. The van der Waals surface area contributed by atoms with E-state index in [1.54, 1.807) is 0 Å². The van der Waals surface area contributed by atoms with E-state index in [0.717, 1.165) is 13.0 Å². The molecule has 1 N–H and O–H groups in total. The summed E-state index contributed by atoms with van der Waals surface area (Å²) in [5.41, 5.74) is 0.128. The second kappa shape index (κ2) is 4.08. The Morgan fingerprint density at radius 3 is 2.50 bits per heavy atom. The topological polar surface area (TPSA) is 66.3 Å². The van der Waals surface area contributed by atoms with E-state index in [9.17, 15) is 4.79 Å². The first-order valence-electron chi connectivity index (χ1n) is 5.40. The molecule has 0 radical (unpaired) electrons. The number of nitrogens with zero attached hydrogens (tertiary/aromatic N) is 3. The summed E-state index contributed by atoms with van der Waals surface area (Å²) in [6.45, 7) is 5.27. The number of carboxylic acid groups (broad SMARTS) is 1. The van der Waals surface area contributed by atoms with Crippen LogP contribution in [-0.4, -0.2) is 33.6 Å². The largest absolute Gasteiger partial charge is 0.478 e. The third-order valence-corrected chi connectivity index (χ3v) is 2.93.